The molecule has 0 aromatic carbocycles. The van der Waals surface area contributed by atoms with Crippen molar-refractivity contribution in [3.05, 3.63) is 46.6 Å². The normalized spacial score (nSPS) is 13.5. The van der Waals surface area contributed by atoms with E-state index >= 15 is 0 Å². The van der Waals surface area contributed by atoms with E-state index in [-0.39, 0.29) is 0 Å². The predicted molar refractivity (Wildman–Crippen MR) is 98.7 cm³/mol. The summed E-state index contributed by atoms with van der Waals surface area (Å²) in [6, 6.07) is 0. The van der Waals surface area contributed by atoms with Gasteiger partial charge in [-0.05, 0) is 79.6 Å². The van der Waals surface area contributed by atoms with Crippen molar-refractivity contribution in [2.45, 2.75) is 86.5 Å². The van der Waals surface area contributed by atoms with E-state index in [0.717, 1.165) is 6.42 Å². The molecule has 120 valence electrons. The highest BCUT2D eigenvalue weighted by Gasteiger charge is 1.93. The molecule has 0 radical (unpaired) electrons. The fourth-order valence-electron chi connectivity index (χ4n) is 2.34. The zero-order valence-corrected chi connectivity index (χ0v) is 15.3. The molecule has 0 saturated carbocycles. The Bertz CT molecular complexity index is 384. The molecule has 0 aromatic rings. The third kappa shape index (κ3) is 13.7. The number of allylic oxidation sites excluding steroid dienone is 8. The first kappa shape index (κ1) is 20.0. The van der Waals surface area contributed by atoms with E-state index in [4.69, 9.17) is 0 Å². The molecule has 0 bridgehead atoms. The van der Waals surface area contributed by atoms with Crippen LogP contribution in [0.15, 0.2) is 46.6 Å². The van der Waals surface area contributed by atoms with Crippen LogP contribution in [0, 0.1) is 0 Å². The molecule has 0 aliphatic carbocycles. The molecule has 0 heterocycles. The maximum Gasteiger partial charge on any atom is -0.0288 e. The fourth-order valence-corrected chi connectivity index (χ4v) is 2.34. The molecule has 0 unspecified atom stereocenters. The predicted octanol–water partition coefficient (Wildman–Crippen LogP) is 7.54. The summed E-state index contributed by atoms with van der Waals surface area (Å²) in [4.78, 5) is 0. The molecule has 0 fully saturated rings. The molecule has 0 saturated heterocycles. The van der Waals surface area contributed by atoms with Crippen LogP contribution in [0.25, 0.3) is 0 Å². The van der Waals surface area contributed by atoms with Gasteiger partial charge < -0.3 is 0 Å². The Balaban J connectivity index is 3.93. The average molecular weight is 289 g/mol. The molecule has 0 aliphatic heterocycles. The van der Waals surface area contributed by atoms with Crippen LogP contribution >= 0.6 is 0 Å². The third-order valence-corrected chi connectivity index (χ3v) is 3.71. The van der Waals surface area contributed by atoms with Gasteiger partial charge in [0.2, 0.25) is 0 Å². The Labute approximate surface area is 133 Å². The van der Waals surface area contributed by atoms with Gasteiger partial charge in [0.15, 0.2) is 0 Å². The van der Waals surface area contributed by atoms with E-state index in [1.807, 2.05) is 0 Å². The summed E-state index contributed by atoms with van der Waals surface area (Å²) in [6.45, 7) is 13.3. The van der Waals surface area contributed by atoms with Crippen LogP contribution in [-0.4, -0.2) is 0 Å². The first-order chi connectivity index (χ1) is 9.95. The van der Waals surface area contributed by atoms with Crippen molar-refractivity contribution in [3.8, 4) is 0 Å². The summed E-state index contributed by atoms with van der Waals surface area (Å²) in [5.41, 5.74) is 6.01. The van der Waals surface area contributed by atoms with Crippen LogP contribution in [0.3, 0.4) is 0 Å². The maximum atomic E-state index is 2.42. The van der Waals surface area contributed by atoms with Crippen LogP contribution < -0.4 is 0 Å². The Morgan fingerprint density at radius 2 is 0.952 bits per heavy atom. The number of hydrogen-bond acceptors (Lipinski definition) is 0. The molecule has 0 nitrogen and oxygen atoms in total. The highest BCUT2D eigenvalue weighted by atomic mass is 14.0. The molecule has 0 aromatic heterocycles. The van der Waals surface area contributed by atoms with Gasteiger partial charge in [-0.2, -0.15) is 0 Å². The van der Waals surface area contributed by atoms with Crippen LogP contribution in [0.2, 0.25) is 0 Å². The topological polar surface area (TPSA) is 0 Å². The van der Waals surface area contributed by atoms with Crippen molar-refractivity contribution in [3.63, 3.8) is 0 Å². The molecular formula is C21H36. The largest absolute Gasteiger partial charge is 0.0859 e. The minimum absolute atomic E-state index is 1.16. The van der Waals surface area contributed by atoms with Gasteiger partial charge >= 0.3 is 0 Å². The monoisotopic (exact) mass is 288 g/mol. The summed E-state index contributed by atoms with van der Waals surface area (Å²) < 4.78 is 0. The van der Waals surface area contributed by atoms with Gasteiger partial charge in [-0.3, -0.25) is 0 Å². The van der Waals surface area contributed by atoms with Crippen molar-refractivity contribution in [1.82, 2.24) is 0 Å². The SMILES string of the molecule is CC/C=C(/C)CC/C=C(/C)CC/C=C(/C)CCC=C(C)C. The molecule has 0 aliphatic rings. The maximum absolute atomic E-state index is 2.42. The van der Waals surface area contributed by atoms with E-state index in [9.17, 15) is 0 Å². The van der Waals surface area contributed by atoms with Crippen LogP contribution in [0.5, 0.6) is 0 Å². The van der Waals surface area contributed by atoms with Gasteiger partial charge in [0.25, 0.3) is 0 Å². The van der Waals surface area contributed by atoms with Gasteiger partial charge in [0.05, 0.1) is 0 Å². The fraction of sp³-hybridized carbons (Fsp3) is 0.619. The van der Waals surface area contributed by atoms with Crippen molar-refractivity contribution in [1.29, 1.82) is 0 Å². The van der Waals surface area contributed by atoms with E-state index in [0.29, 0.717) is 0 Å². The lowest BCUT2D eigenvalue weighted by atomic mass is 10.0. The van der Waals surface area contributed by atoms with Gasteiger partial charge in [-0.1, -0.05) is 53.5 Å². The highest BCUT2D eigenvalue weighted by molar-refractivity contribution is 5.06. The molecule has 0 heteroatoms. The van der Waals surface area contributed by atoms with Crippen LogP contribution in [-0.2, 0) is 0 Å². The number of hydrogen-bond donors (Lipinski definition) is 0. The Morgan fingerprint density at radius 3 is 1.33 bits per heavy atom. The molecular weight excluding hydrogens is 252 g/mol. The lowest BCUT2D eigenvalue weighted by Gasteiger charge is -2.02. The third-order valence-electron chi connectivity index (χ3n) is 3.71. The Morgan fingerprint density at radius 1 is 0.571 bits per heavy atom. The molecule has 0 amide bonds. The summed E-state index contributed by atoms with van der Waals surface area (Å²) in [5.74, 6) is 0. The summed E-state index contributed by atoms with van der Waals surface area (Å²) in [6.07, 6.45) is 17.8. The lowest BCUT2D eigenvalue weighted by molar-refractivity contribution is 0.897. The first-order valence-corrected chi connectivity index (χ1v) is 8.56. The number of rotatable bonds is 10. The van der Waals surface area contributed by atoms with E-state index in [1.165, 1.54) is 60.8 Å². The van der Waals surface area contributed by atoms with Crippen molar-refractivity contribution >= 4 is 0 Å². The second kappa shape index (κ2) is 12.7. The Kier molecular flexibility index (Phi) is 12.1. The van der Waals surface area contributed by atoms with E-state index < -0.39 is 0 Å². The summed E-state index contributed by atoms with van der Waals surface area (Å²) >= 11 is 0. The van der Waals surface area contributed by atoms with Gasteiger partial charge in [-0.15, -0.1) is 0 Å². The first-order valence-electron chi connectivity index (χ1n) is 8.56. The van der Waals surface area contributed by atoms with Gasteiger partial charge in [-0.25, -0.2) is 0 Å². The molecule has 0 rings (SSSR count). The summed E-state index contributed by atoms with van der Waals surface area (Å²) in [7, 11) is 0. The molecule has 0 spiro atoms. The molecule has 0 N–H and O–H groups in total. The highest BCUT2D eigenvalue weighted by Crippen LogP contribution is 2.13. The van der Waals surface area contributed by atoms with Gasteiger partial charge in [0.1, 0.15) is 0 Å². The second-order valence-corrected chi connectivity index (χ2v) is 6.46. The van der Waals surface area contributed by atoms with Crippen LogP contribution in [0.1, 0.15) is 86.5 Å². The van der Waals surface area contributed by atoms with Crippen LogP contribution in [0.4, 0.5) is 0 Å². The standard InChI is InChI=1S/C21H36/c1-7-11-19(4)14-9-15-21(6)17-10-16-20(5)13-8-12-18(2)3/h11-12,15-16H,7-10,13-14,17H2,1-6H3/b19-11-,20-16-,21-15-. The van der Waals surface area contributed by atoms with Crippen molar-refractivity contribution in [2.75, 3.05) is 0 Å². The van der Waals surface area contributed by atoms with E-state index in [2.05, 4.69) is 65.8 Å². The smallest absolute Gasteiger partial charge is 0.0288 e. The van der Waals surface area contributed by atoms with Crippen molar-refractivity contribution < 1.29 is 0 Å². The quantitative estimate of drug-likeness (QED) is 0.364. The van der Waals surface area contributed by atoms with Gasteiger partial charge in [0, 0.05) is 0 Å². The molecule has 21 heavy (non-hydrogen) atoms. The minimum Gasteiger partial charge on any atom is -0.0859 e. The minimum atomic E-state index is 1.16. The zero-order valence-electron chi connectivity index (χ0n) is 15.3. The second-order valence-electron chi connectivity index (χ2n) is 6.46. The lowest BCUT2D eigenvalue weighted by Crippen LogP contribution is -1.82. The zero-order chi connectivity index (χ0) is 16.1. The average Bonchev–Trinajstić information content (AvgIpc) is 2.38. The Hall–Kier alpha value is -1.04. The molecule has 0 atom stereocenters. The van der Waals surface area contributed by atoms with E-state index in [1.54, 1.807) is 0 Å². The summed E-state index contributed by atoms with van der Waals surface area (Å²) in [5, 5.41) is 0. The van der Waals surface area contributed by atoms with Crippen molar-refractivity contribution in [2.24, 2.45) is 0 Å².